The molecule has 0 saturated heterocycles. The number of ether oxygens (including phenoxy) is 1. The molecule has 1 unspecified atom stereocenters. The number of fused-ring (bicyclic) bond motifs is 1. The van der Waals surface area contributed by atoms with Crippen molar-refractivity contribution in [2.24, 2.45) is 0 Å². The van der Waals surface area contributed by atoms with Crippen LogP contribution in [0.5, 0.6) is 0 Å². The van der Waals surface area contributed by atoms with Crippen LogP contribution in [0.3, 0.4) is 0 Å². The van der Waals surface area contributed by atoms with Gasteiger partial charge in [0.15, 0.2) is 6.61 Å². The van der Waals surface area contributed by atoms with Gasteiger partial charge in [-0.15, -0.1) is 0 Å². The monoisotopic (exact) mass is 478 g/mol. The molecule has 0 saturated carbocycles. The molecule has 0 bridgehead atoms. The van der Waals surface area contributed by atoms with Crippen molar-refractivity contribution in [1.29, 1.82) is 0 Å². The summed E-state index contributed by atoms with van der Waals surface area (Å²) >= 11 is 0. The van der Waals surface area contributed by atoms with Crippen molar-refractivity contribution in [2.45, 2.75) is 37.1 Å². The van der Waals surface area contributed by atoms with Gasteiger partial charge in [-0.1, -0.05) is 42.0 Å². The molecule has 3 aromatic carbocycles. The maximum atomic E-state index is 12.6. The lowest BCUT2D eigenvalue weighted by Crippen LogP contribution is -2.34. The van der Waals surface area contributed by atoms with Crippen LogP contribution in [0.2, 0.25) is 0 Å². The normalized spacial score (nSPS) is 15.1. The van der Waals surface area contributed by atoms with E-state index >= 15 is 0 Å². The van der Waals surface area contributed by atoms with Gasteiger partial charge in [0.05, 0.1) is 16.5 Å². The molecule has 1 aliphatic carbocycles. The third-order valence-electron chi connectivity index (χ3n) is 5.74. The van der Waals surface area contributed by atoms with E-state index in [0.717, 1.165) is 30.4 Å². The van der Waals surface area contributed by atoms with E-state index in [1.165, 1.54) is 29.8 Å². The van der Waals surface area contributed by atoms with Crippen LogP contribution in [-0.2, 0) is 26.0 Å². The summed E-state index contributed by atoms with van der Waals surface area (Å²) < 4.78 is 32.8. The number of benzene rings is 3. The Hall–Kier alpha value is -3.65. The topological polar surface area (TPSA) is 102 Å². The van der Waals surface area contributed by atoms with E-state index in [0.29, 0.717) is 5.69 Å². The predicted molar refractivity (Wildman–Crippen MR) is 129 cm³/mol. The zero-order valence-corrected chi connectivity index (χ0v) is 19.6. The van der Waals surface area contributed by atoms with Crippen LogP contribution in [0.15, 0.2) is 77.7 Å². The molecule has 7 nitrogen and oxygen atoms in total. The number of sulfonamides is 1. The van der Waals surface area contributed by atoms with Gasteiger partial charge in [0, 0.05) is 5.69 Å². The summed E-state index contributed by atoms with van der Waals surface area (Å²) in [6, 6.07) is 20.2. The van der Waals surface area contributed by atoms with Gasteiger partial charge in [0.1, 0.15) is 0 Å². The highest BCUT2D eigenvalue weighted by atomic mass is 32.2. The number of amides is 1. The number of esters is 1. The van der Waals surface area contributed by atoms with Gasteiger partial charge in [-0.25, -0.2) is 13.2 Å². The van der Waals surface area contributed by atoms with Crippen molar-refractivity contribution in [3.63, 3.8) is 0 Å². The molecule has 1 atom stereocenters. The van der Waals surface area contributed by atoms with Crippen molar-refractivity contribution < 1.29 is 22.7 Å². The van der Waals surface area contributed by atoms with Crippen molar-refractivity contribution in [3.05, 3.63) is 95.1 Å². The van der Waals surface area contributed by atoms with Gasteiger partial charge >= 0.3 is 5.97 Å². The highest BCUT2D eigenvalue weighted by Gasteiger charge is 2.22. The number of carbonyl (C=O) groups is 2. The van der Waals surface area contributed by atoms with Gasteiger partial charge < -0.3 is 10.1 Å². The molecule has 4 rings (SSSR count). The Labute approximate surface area is 199 Å². The highest BCUT2D eigenvalue weighted by molar-refractivity contribution is 7.92. The fourth-order valence-corrected chi connectivity index (χ4v) is 5.02. The van der Waals surface area contributed by atoms with E-state index in [-0.39, 0.29) is 22.4 Å². The Morgan fingerprint density at radius 1 is 0.971 bits per heavy atom. The molecule has 176 valence electrons. The average molecular weight is 479 g/mol. The van der Waals surface area contributed by atoms with Crippen LogP contribution in [-0.4, -0.2) is 26.9 Å². The first kappa shape index (κ1) is 23.5. The van der Waals surface area contributed by atoms with E-state index < -0.39 is 22.6 Å². The van der Waals surface area contributed by atoms with Crippen LogP contribution >= 0.6 is 0 Å². The molecule has 1 aliphatic rings. The number of anilines is 1. The molecule has 0 aromatic heterocycles. The minimum Gasteiger partial charge on any atom is -0.452 e. The summed E-state index contributed by atoms with van der Waals surface area (Å²) in [5, 5.41) is 2.93. The van der Waals surface area contributed by atoms with Crippen LogP contribution in [0.1, 0.15) is 45.9 Å². The zero-order chi connectivity index (χ0) is 24.1. The number of carbonyl (C=O) groups excluding carboxylic acids is 2. The Bertz CT molecular complexity index is 1290. The second kappa shape index (κ2) is 10.1. The SMILES string of the molecule is Cc1ccc(NS(=O)(=O)c2ccc(C(=O)OCC(=O)NC3CCCc4ccccc43)cc2)cc1. The number of nitrogens with one attached hydrogen (secondary N) is 2. The third kappa shape index (κ3) is 5.63. The molecule has 1 amide bonds. The second-order valence-corrected chi connectivity index (χ2v) is 9.97. The largest absolute Gasteiger partial charge is 0.452 e. The molecule has 34 heavy (non-hydrogen) atoms. The summed E-state index contributed by atoms with van der Waals surface area (Å²) in [6.45, 7) is 1.50. The minimum absolute atomic E-state index is 0.0123. The van der Waals surface area contributed by atoms with Crippen molar-refractivity contribution >= 4 is 27.6 Å². The summed E-state index contributed by atoms with van der Waals surface area (Å²) in [4.78, 5) is 24.7. The Morgan fingerprint density at radius 2 is 1.68 bits per heavy atom. The third-order valence-corrected chi connectivity index (χ3v) is 7.14. The Morgan fingerprint density at radius 3 is 2.41 bits per heavy atom. The number of aryl methyl sites for hydroxylation is 2. The van der Waals surface area contributed by atoms with E-state index in [1.807, 2.05) is 25.1 Å². The molecule has 0 heterocycles. The summed E-state index contributed by atoms with van der Waals surface area (Å²) in [7, 11) is -3.80. The maximum Gasteiger partial charge on any atom is 0.338 e. The minimum atomic E-state index is -3.80. The van der Waals surface area contributed by atoms with Crippen LogP contribution < -0.4 is 10.0 Å². The number of rotatable bonds is 7. The van der Waals surface area contributed by atoms with Crippen molar-refractivity contribution in [2.75, 3.05) is 11.3 Å². The standard InChI is InChI=1S/C26H26N2O5S/c1-18-9-13-21(14-10-18)28-34(31,32)22-15-11-20(12-16-22)26(30)33-17-25(29)27-24-8-4-6-19-5-2-3-7-23(19)24/h2-3,5,7,9-16,24,28H,4,6,8,17H2,1H3,(H,27,29). The van der Waals surface area contributed by atoms with Gasteiger partial charge in [0.2, 0.25) is 0 Å². The lowest BCUT2D eigenvalue weighted by Gasteiger charge is -2.26. The van der Waals surface area contributed by atoms with Gasteiger partial charge in [-0.05, 0) is 73.7 Å². The van der Waals surface area contributed by atoms with E-state index in [4.69, 9.17) is 4.74 Å². The quantitative estimate of drug-likeness (QED) is 0.497. The van der Waals surface area contributed by atoms with E-state index in [9.17, 15) is 18.0 Å². The van der Waals surface area contributed by atoms with E-state index in [1.54, 1.807) is 24.3 Å². The fraction of sp³-hybridized carbons (Fsp3) is 0.231. The molecule has 0 fully saturated rings. The first-order valence-electron chi connectivity index (χ1n) is 11.1. The lowest BCUT2D eigenvalue weighted by molar-refractivity contribution is -0.125. The second-order valence-electron chi connectivity index (χ2n) is 8.28. The summed E-state index contributed by atoms with van der Waals surface area (Å²) in [5.41, 5.74) is 3.95. The summed E-state index contributed by atoms with van der Waals surface area (Å²) in [5.74, 6) is -1.08. The smallest absolute Gasteiger partial charge is 0.338 e. The molecule has 0 radical (unpaired) electrons. The molecular weight excluding hydrogens is 452 g/mol. The first-order valence-corrected chi connectivity index (χ1v) is 12.5. The summed E-state index contributed by atoms with van der Waals surface area (Å²) in [6.07, 6.45) is 2.81. The zero-order valence-electron chi connectivity index (χ0n) is 18.8. The van der Waals surface area contributed by atoms with Crippen molar-refractivity contribution in [3.8, 4) is 0 Å². The van der Waals surface area contributed by atoms with Crippen LogP contribution in [0.25, 0.3) is 0 Å². The average Bonchev–Trinajstić information content (AvgIpc) is 2.84. The van der Waals surface area contributed by atoms with Gasteiger partial charge in [0.25, 0.3) is 15.9 Å². The Balaban J connectivity index is 1.32. The van der Waals surface area contributed by atoms with Gasteiger partial charge in [-0.2, -0.15) is 0 Å². The predicted octanol–water partition coefficient (Wildman–Crippen LogP) is 4.15. The molecule has 8 heteroatoms. The molecule has 0 aliphatic heterocycles. The molecule has 0 spiro atoms. The molecular formula is C26H26N2O5S. The van der Waals surface area contributed by atoms with Gasteiger partial charge in [-0.3, -0.25) is 9.52 Å². The van der Waals surface area contributed by atoms with Crippen molar-refractivity contribution in [1.82, 2.24) is 5.32 Å². The molecule has 3 aromatic rings. The van der Waals surface area contributed by atoms with Crippen LogP contribution in [0, 0.1) is 6.92 Å². The number of hydrogen-bond acceptors (Lipinski definition) is 5. The maximum absolute atomic E-state index is 12.6. The van der Waals surface area contributed by atoms with Crippen LogP contribution in [0.4, 0.5) is 5.69 Å². The lowest BCUT2D eigenvalue weighted by atomic mass is 9.88. The van der Waals surface area contributed by atoms with E-state index in [2.05, 4.69) is 16.1 Å². The molecule has 2 N–H and O–H groups in total. The number of hydrogen-bond donors (Lipinski definition) is 2. The Kier molecular flexibility index (Phi) is 6.98. The highest BCUT2D eigenvalue weighted by Crippen LogP contribution is 2.29. The first-order chi connectivity index (χ1) is 16.3. The fourth-order valence-electron chi connectivity index (χ4n) is 3.96.